The summed E-state index contributed by atoms with van der Waals surface area (Å²) in [5, 5.41) is 12.0. The van der Waals surface area contributed by atoms with Gasteiger partial charge in [-0.2, -0.15) is 0 Å². The lowest BCUT2D eigenvalue weighted by Crippen LogP contribution is -2.20. The predicted octanol–water partition coefficient (Wildman–Crippen LogP) is 2.44. The highest BCUT2D eigenvalue weighted by atomic mass is 32.2. The van der Waals surface area contributed by atoms with Crippen molar-refractivity contribution in [2.75, 3.05) is 19.4 Å². The summed E-state index contributed by atoms with van der Waals surface area (Å²) >= 11 is 1.76. The van der Waals surface area contributed by atoms with Crippen molar-refractivity contribution in [2.24, 2.45) is 0 Å². The molecule has 0 aliphatic heterocycles. The lowest BCUT2D eigenvalue weighted by atomic mass is 10.1. The summed E-state index contributed by atoms with van der Waals surface area (Å²) in [4.78, 5) is 1.29. The number of rotatable bonds is 6. The summed E-state index contributed by atoms with van der Waals surface area (Å²) in [5.74, 6) is 0. The number of aliphatic hydroxyl groups excluding tert-OH is 1. The largest absolute Gasteiger partial charge is 0.396 e. The number of hydrogen-bond acceptors (Lipinski definition) is 3. The van der Waals surface area contributed by atoms with E-state index in [0.29, 0.717) is 6.04 Å². The molecular weight excluding hydrogens is 206 g/mol. The maximum atomic E-state index is 8.68. The fourth-order valence-electron chi connectivity index (χ4n) is 1.41. The van der Waals surface area contributed by atoms with E-state index in [9.17, 15) is 0 Å². The van der Waals surface area contributed by atoms with Gasteiger partial charge in [-0.25, -0.2) is 0 Å². The van der Waals surface area contributed by atoms with E-state index < -0.39 is 0 Å². The van der Waals surface area contributed by atoms with Crippen LogP contribution in [0.5, 0.6) is 0 Å². The van der Waals surface area contributed by atoms with Crippen LogP contribution < -0.4 is 5.32 Å². The fraction of sp³-hybridized carbons (Fsp3) is 0.500. The first-order valence-corrected chi connectivity index (χ1v) is 6.48. The summed E-state index contributed by atoms with van der Waals surface area (Å²) in [6.07, 6.45) is 2.89. The van der Waals surface area contributed by atoms with Gasteiger partial charge in [0.15, 0.2) is 0 Å². The molecule has 0 bridgehead atoms. The molecule has 0 unspecified atom stereocenters. The van der Waals surface area contributed by atoms with Gasteiger partial charge in [0.05, 0.1) is 0 Å². The Balaban J connectivity index is 2.46. The van der Waals surface area contributed by atoms with E-state index in [0.717, 1.165) is 13.0 Å². The Morgan fingerprint density at radius 3 is 2.53 bits per heavy atom. The summed E-state index contributed by atoms with van der Waals surface area (Å²) in [5.41, 5.74) is 1.30. The second-order valence-corrected chi connectivity index (χ2v) is 4.41. The molecule has 0 aromatic heterocycles. The van der Waals surface area contributed by atoms with Gasteiger partial charge in [0, 0.05) is 17.5 Å². The van der Waals surface area contributed by atoms with E-state index in [1.165, 1.54) is 10.5 Å². The molecule has 2 N–H and O–H groups in total. The van der Waals surface area contributed by atoms with Gasteiger partial charge in [0.2, 0.25) is 0 Å². The molecule has 84 valence electrons. The molecule has 0 saturated heterocycles. The molecular formula is C12H19NOS. The van der Waals surface area contributed by atoms with Crippen molar-refractivity contribution in [1.82, 2.24) is 5.32 Å². The number of hydrogen-bond donors (Lipinski definition) is 2. The summed E-state index contributed by atoms with van der Waals surface area (Å²) in [6.45, 7) is 3.26. The molecule has 15 heavy (non-hydrogen) atoms. The van der Waals surface area contributed by atoms with E-state index >= 15 is 0 Å². The molecule has 1 aromatic carbocycles. The highest BCUT2D eigenvalue weighted by Gasteiger charge is 2.03. The SMILES string of the molecule is CSc1ccc([C@@H](C)NCCCO)cc1. The monoisotopic (exact) mass is 225 g/mol. The van der Waals surface area contributed by atoms with Crippen molar-refractivity contribution in [2.45, 2.75) is 24.3 Å². The Morgan fingerprint density at radius 1 is 1.33 bits per heavy atom. The zero-order chi connectivity index (χ0) is 11.1. The van der Waals surface area contributed by atoms with Gasteiger partial charge in [-0.15, -0.1) is 11.8 Å². The minimum absolute atomic E-state index is 0.255. The van der Waals surface area contributed by atoms with Crippen LogP contribution in [-0.2, 0) is 0 Å². The molecule has 0 amide bonds. The molecule has 0 heterocycles. The maximum absolute atomic E-state index is 8.68. The number of nitrogens with one attached hydrogen (secondary N) is 1. The molecule has 1 atom stereocenters. The average molecular weight is 225 g/mol. The van der Waals surface area contributed by atoms with Crippen LogP contribution in [0, 0.1) is 0 Å². The molecule has 0 saturated carbocycles. The van der Waals surface area contributed by atoms with Gasteiger partial charge >= 0.3 is 0 Å². The van der Waals surface area contributed by atoms with Crippen LogP contribution in [0.25, 0.3) is 0 Å². The Kier molecular flexibility index (Phi) is 5.76. The van der Waals surface area contributed by atoms with E-state index in [4.69, 9.17) is 5.11 Å². The van der Waals surface area contributed by atoms with Gasteiger partial charge < -0.3 is 10.4 Å². The Morgan fingerprint density at radius 2 is 2.00 bits per heavy atom. The highest BCUT2D eigenvalue weighted by Crippen LogP contribution is 2.18. The quantitative estimate of drug-likeness (QED) is 0.576. The Hall–Kier alpha value is -0.510. The number of thioether (sulfide) groups is 1. The third kappa shape index (κ3) is 4.24. The molecule has 0 fully saturated rings. The second kappa shape index (κ2) is 6.88. The smallest absolute Gasteiger partial charge is 0.0443 e. The molecule has 0 radical (unpaired) electrons. The van der Waals surface area contributed by atoms with Crippen LogP contribution in [0.2, 0.25) is 0 Å². The third-order valence-electron chi connectivity index (χ3n) is 2.40. The van der Waals surface area contributed by atoms with Gasteiger partial charge in [0.25, 0.3) is 0 Å². The summed E-state index contributed by atoms with van der Waals surface area (Å²) in [6, 6.07) is 8.95. The lowest BCUT2D eigenvalue weighted by Gasteiger charge is -2.14. The average Bonchev–Trinajstić information content (AvgIpc) is 2.29. The van der Waals surface area contributed by atoms with E-state index in [1.807, 2.05) is 0 Å². The van der Waals surface area contributed by atoms with E-state index in [-0.39, 0.29) is 6.61 Å². The van der Waals surface area contributed by atoms with Crippen LogP contribution >= 0.6 is 11.8 Å². The van der Waals surface area contributed by atoms with Gasteiger partial charge in [-0.05, 0) is 43.8 Å². The van der Waals surface area contributed by atoms with Gasteiger partial charge in [0.1, 0.15) is 0 Å². The second-order valence-electron chi connectivity index (χ2n) is 3.53. The van der Waals surface area contributed by atoms with E-state index in [1.54, 1.807) is 11.8 Å². The van der Waals surface area contributed by atoms with Crippen molar-refractivity contribution >= 4 is 11.8 Å². The van der Waals surface area contributed by atoms with Gasteiger partial charge in [-0.3, -0.25) is 0 Å². The van der Waals surface area contributed by atoms with Crippen LogP contribution in [0.15, 0.2) is 29.2 Å². The summed E-state index contributed by atoms with van der Waals surface area (Å²) < 4.78 is 0. The van der Waals surface area contributed by atoms with Crippen LogP contribution in [-0.4, -0.2) is 24.5 Å². The van der Waals surface area contributed by atoms with Crippen molar-refractivity contribution in [3.63, 3.8) is 0 Å². The summed E-state index contributed by atoms with van der Waals surface area (Å²) in [7, 11) is 0. The van der Waals surface area contributed by atoms with E-state index in [2.05, 4.69) is 42.8 Å². The molecule has 0 spiro atoms. The molecule has 3 heteroatoms. The zero-order valence-corrected chi connectivity index (χ0v) is 10.2. The first kappa shape index (κ1) is 12.6. The number of aliphatic hydroxyl groups is 1. The van der Waals surface area contributed by atoms with Crippen molar-refractivity contribution < 1.29 is 5.11 Å². The van der Waals surface area contributed by atoms with Gasteiger partial charge in [-0.1, -0.05) is 12.1 Å². The maximum Gasteiger partial charge on any atom is 0.0443 e. The van der Waals surface area contributed by atoms with Crippen LogP contribution in [0.4, 0.5) is 0 Å². The first-order chi connectivity index (χ1) is 7.27. The minimum atomic E-state index is 0.255. The van der Waals surface area contributed by atoms with Crippen molar-refractivity contribution in [3.8, 4) is 0 Å². The normalized spacial score (nSPS) is 12.7. The molecule has 2 nitrogen and oxygen atoms in total. The van der Waals surface area contributed by atoms with Crippen molar-refractivity contribution in [3.05, 3.63) is 29.8 Å². The standard InChI is InChI=1S/C12H19NOS/c1-10(13-8-3-9-14)11-4-6-12(15-2)7-5-11/h4-7,10,13-14H,3,8-9H2,1-2H3/t10-/m1/s1. The molecule has 1 rings (SSSR count). The molecule has 1 aromatic rings. The topological polar surface area (TPSA) is 32.3 Å². The highest BCUT2D eigenvalue weighted by molar-refractivity contribution is 7.98. The third-order valence-corrected chi connectivity index (χ3v) is 3.14. The van der Waals surface area contributed by atoms with Crippen molar-refractivity contribution in [1.29, 1.82) is 0 Å². The lowest BCUT2D eigenvalue weighted by molar-refractivity contribution is 0.284. The zero-order valence-electron chi connectivity index (χ0n) is 9.36. The molecule has 0 aliphatic rings. The predicted molar refractivity (Wildman–Crippen MR) is 66.3 cm³/mol. The first-order valence-electron chi connectivity index (χ1n) is 5.26. The Labute approximate surface area is 96.1 Å². The fourth-order valence-corrected chi connectivity index (χ4v) is 1.82. The number of benzene rings is 1. The minimum Gasteiger partial charge on any atom is -0.396 e. The van der Waals surface area contributed by atoms with Crippen LogP contribution in [0.3, 0.4) is 0 Å². The van der Waals surface area contributed by atoms with Crippen LogP contribution in [0.1, 0.15) is 24.9 Å². The molecule has 0 aliphatic carbocycles. The Bertz CT molecular complexity index is 273.